The minimum absolute atomic E-state index is 0.0670. The van der Waals surface area contributed by atoms with E-state index in [2.05, 4.69) is 25.9 Å². The molecule has 1 heterocycles. The zero-order valence-corrected chi connectivity index (χ0v) is 19.5. The van der Waals surface area contributed by atoms with Crippen LogP contribution in [0.25, 0.3) is 0 Å². The van der Waals surface area contributed by atoms with Crippen molar-refractivity contribution in [1.29, 1.82) is 0 Å². The Balaban J connectivity index is 2.97. The van der Waals surface area contributed by atoms with Crippen LogP contribution in [-0.2, 0) is 35.2 Å². The SMILES string of the molecule is CSCCC(NC(=O)C(N)CC(=O)O)C(=O)NC(CC(=O)O)C(=O)NC(Cc1cnc[nH]1)C(=O)O. The average Bonchev–Trinajstić information content (AvgIpc) is 3.27. The van der Waals surface area contributed by atoms with E-state index < -0.39 is 72.6 Å². The number of hydrogen-bond acceptors (Lipinski definition) is 9. The number of aliphatic carboxylic acids is 3. The van der Waals surface area contributed by atoms with E-state index in [1.807, 2.05) is 0 Å². The normalized spacial score (nSPS) is 14.1. The zero-order chi connectivity index (χ0) is 26.5. The first-order valence-electron chi connectivity index (χ1n) is 10.2. The number of imidazole rings is 1. The molecule has 0 bridgehead atoms. The fraction of sp³-hybridized carbons (Fsp3) is 0.526. The molecule has 4 unspecified atom stereocenters. The van der Waals surface area contributed by atoms with Gasteiger partial charge in [0, 0.05) is 18.3 Å². The van der Waals surface area contributed by atoms with Crippen molar-refractivity contribution in [1.82, 2.24) is 25.9 Å². The van der Waals surface area contributed by atoms with Gasteiger partial charge < -0.3 is 42.0 Å². The third-order valence-electron chi connectivity index (χ3n) is 4.58. The first-order valence-corrected chi connectivity index (χ1v) is 11.6. The summed E-state index contributed by atoms with van der Waals surface area (Å²) in [6.07, 6.45) is 2.75. The molecular weight excluding hydrogens is 488 g/mol. The van der Waals surface area contributed by atoms with Gasteiger partial charge in [-0.25, -0.2) is 9.78 Å². The van der Waals surface area contributed by atoms with Gasteiger partial charge in [-0.3, -0.25) is 24.0 Å². The summed E-state index contributed by atoms with van der Waals surface area (Å²) in [6, 6.07) is -5.80. The molecule has 15 nitrogen and oxygen atoms in total. The van der Waals surface area contributed by atoms with Crippen LogP contribution in [0, 0.1) is 0 Å². The number of hydrogen-bond donors (Lipinski definition) is 8. The summed E-state index contributed by atoms with van der Waals surface area (Å²) < 4.78 is 0. The van der Waals surface area contributed by atoms with Crippen molar-refractivity contribution < 1.29 is 44.1 Å². The van der Waals surface area contributed by atoms with Crippen molar-refractivity contribution in [3.63, 3.8) is 0 Å². The quantitative estimate of drug-likeness (QED) is 0.114. The summed E-state index contributed by atoms with van der Waals surface area (Å²) in [4.78, 5) is 77.7. The highest BCUT2D eigenvalue weighted by molar-refractivity contribution is 7.98. The Morgan fingerprint density at radius 2 is 1.51 bits per heavy atom. The van der Waals surface area contributed by atoms with Gasteiger partial charge in [-0.05, 0) is 18.4 Å². The molecule has 1 aromatic rings. The van der Waals surface area contributed by atoms with Gasteiger partial charge in [0.1, 0.15) is 18.1 Å². The third-order valence-corrected chi connectivity index (χ3v) is 5.22. The number of nitrogens with one attached hydrogen (secondary N) is 4. The molecule has 0 radical (unpaired) electrons. The molecule has 0 fully saturated rings. The number of carboxylic acid groups (broad SMARTS) is 3. The molecule has 9 N–H and O–H groups in total. The number of nitrogens with two attached hydrogens (primary N) is 1. The van der Waals surface area contributed by atoms with Crippen LogP contribution in [0.2, 0.25) is 0 Å². The molecule has 16 heteroatoms. The van der Waals surface area contributed by atoms with Gasteiger partial charge in [-0.2, -0.15) is 11.8 Å². The predicted octanol–water partition coefficient (Wildman–Crippen LogP) is -2.48. The lowest BCUT2D eigenvalue weighted by molar-refractivity contribution is -0.143. The molecule has 0 aromatic carbocycles. The summed E-state index contributed by atoms with van der Waals surface area (Å²) in [5.74, 6) is -6.68. The van der Waals surface area contributed by atoms with Gasteiger partial charge in [0.15, 0.2) is 0 Å². The van der Waals surface area contributed by atoms with Crippen LogP contribution >= 0.6 is 11.8 Å². The summed E-state index contributed by atoms with van der Waals surface area (Å²) in [5.41, 5.74) is 5.91. The van der Waals surface area contributed by atoms with E-state index >= 15 is 0 Å². The highest BCUT2D eigenvalue weighted by Crippen LogP contribution is 2.05. The maximum Gasteiger partial charge on any atom is 0.326 e. The van der Waals surface area contributed by atoms with Gasteiger partial charge in [0.05, 0.1) is 25.2 Å². The topological polar surface area (TPSA) is 254 Å². The Morgan fingerprint density at radius 1 is 0.943 bits per heavy atom. The Labute approximate surface area is 203 Å². The molecule has 0 aliphatic heterocycles. The number of carbonyl (C=O) groups excluding carboxylic acids is 3. The Morgan fingerprint density at radius 3 is 2.03 bits per heavy atom. The maximum atomic E-state index is 12.8. The first-order chi connectivity index (χ1) is 16.4. The molecule has 0 aliphatic carbocycles. The van der Waals surface area contributed by atoms with Crippen molar-refractivity contribution in [3.8, 4) is 0 Å². The molecule has 0 spiro atoms. The number of nitrogens with zero attached hydrogens (tertiary/aromatic N) is 1. The molecule has 0 aliphatic rings. The number of rotatable bonds is 16. The molecular formula is C19H28N6O9S. The van der Waals surface area contributed by atoms with Crippen LogP contribution in [0.4, 0.5) is 0 Å². The minimum atomic E-state index is -1.66. The van der Waals surface area contributed by atoms with E-state index in [4.69, 9.17) is 10.8 Å². The number of thioether (sulfide) groups is 1. The van der Waals surface area contributed by atoms with Gasteiger partial charge in [-0.15, -0.1) is 0 Å². The standard InChI is InChI=1S/C19H28N6O9S/c1-35-3-2-11(23-16(30)10(20)5-14(26)27)17(31)24-12(6-15(28)29)18(32)25-13(19(33)34)4-9-7-21-8-22-9/h7-8,10-13H,2-6,20H2,1H3,(H,21,22)(H,23,30)(H,24,31)(H,25,32)(H,26,27)(H,28,29)(H,33,34). The number of carboxylic acids is 3. The fourth-order valence-electron chi connectivity index (χ4n) is 2.81. The minimum Gasteiger partial charge on any atom is -0.481 e. The lowest BCUT2D eigenvalue weighted by atomic mass is 10.1. The third kappa shape index (κ3) is 10.9. The lowest BCUT2D eigenvalue weighted by Crippen LogP contribution is -2.58. The number of H-pyrrole nitrogens is 1. The molecule has 4 atom stereocenters. The van der Waals surface area contributed by atoms with Gasteiger partial charge in [-0.1, -0.05) is 0 Å². The van der Waals surface area contributed by atoms with Crippen LogP contribution in [0.3, 0.4) is 0 Å². The largest absolute Gasteiger partial charge is 0.481 e. The summed E-state index contributed by atoms with van der Waals surface area (Å²) in [7, 11) is 0. The molecule has 1 rings (SSSR count). The van der Waals surface area contributed by atoms with Gasteiger partial charge >= 0.3 is 17.9 Å². The highest BCUT2D eigenvalue weighted by atomic mass is 32.2. The lowest BCUT2D eigenvalue weighted by Gasteiger charge is -2.24. The first kappa shape index (κ1) is 29.4. The van der Waals surface area contributed by atoms with E-state index in [-0.39, 0.29) is 12.8 Å². The van der Waals surface area contributed by atoms with Crippen molar-refractivity contribution in [2.45, 2.75) is 49.9 Å². The van der Waals surface area contributed by atoms with Crippen molar-refractivity contribution in [3.05, 3.63) is 18.2 Å². The highest BCUT2D eigenvalue weighted by Gasteiger charge is 2.32. The van der Waals surface area contributed by atoms with Crippen molar-refractivity contribution >= 4 is 47.4 Å². The average molecular weight is 517 g/mol. The second-order valence-corrected chi connectivity index (χ2v) is 8.37. The van der Waals surface area contributed by atoms with Crippen molar-refractivity contribution in [2.24, 2.45) is 5.73 Å². The molecule has 194 valence electrons. The summed E-state index contributed by atoms with van der Waals surface area (Å²) in [5, 5.41) is 34.1. The predicted molar refractivity (Wildman–Crippen MR) is 121 cm³/mol. The number of amides is 3. The Hall–Kier alpha value is -3.66. The zero-order valence-electron chi connectivity index (χ0n) is 18.7. The molecule has 1 aromatic heterocycles. The van der Waals surface area contributed by atoms with Crippen LogP contribution in [0.15, 0.2) is 12.5 Å². The smallest absolute Gasteiger partial charge is 0.326 e. The maximum absolute atomic E-state index is 12.8. The second-order valence-electron chi connectivity index (χ2n) is 7.39. The van der Waals surface area contributed by atoms with E-state index in [1.165, 1.54) is 24.3 Å². The second kappa shape index (κ2) is 14.6. The summed E-state index contributed by atoms with van der Waals surface area (Å²) >= 11 is 1.34. The van der Waals surface area contributed by atoms with E-state index in [9.17, 15) is 39.0 Å². The Bertz CT molecular complexity index is 911. The molecule has 3 amide bonds. The van der Waals surface area contributed by atoms with E-state index in [0.29, 0.717) is 11.4 Å². The molecule has 0 saturated heterocycles. The van der Waals surface area contributed by atoms with Gasteiger partial charge in [0.25, 0.3) is 0 Å². The number of carbonyl (C=O) groups is 6. The number of aromatic amines is 1. The molecule has 35 heavy (non-hydrogen) atoms. The van der Waals surface area contributed by atoms with Crippen LogP contribution in [0.1, 0.15) is 25.0 Å². The monoisotopic (exact) mass is 516 g/mol. The fourth-order valence-corrected chi connectivity index (χ4v) is 3.28. The number of aromatic nitrogens is 2. The van der Waals surface area contributed by atoms with E-state index in [1.54, 1.807) is 6.26 Å². The Kier molecular flexibility index (Phi) is 12.2. The van der Waals surface area contributed by atoms with Crippen molar-refractivity contribution in [2.75, 3.05) is 12.0 Å². The van der Waals surface area contributed by atoms with Crippen LogP contribution in [-0.4, -0.2) is 97.1 Å². The van der Waals surface area contributed by atoms with E-state index in [0.717, 1.165) is 0 Å². The summed E-state index contributed by atoms with van der Waals surface area (Å²) in [6.45, 7) is 0. The van der Waals surface area contributed by atoms with Gasteiger partial charge in [0.2, 0.25) is 17.7 Å². The molecule has 0 saturated carbocycles. The van der Waals surface area contributed by atoms with Crippen LogP contribution < -0.4 is 21.7 Å². The van der Waals surface area contributed by atoms with Crippen LogP contribution in [0.5, 0.6) is 0 Å².